The molecular formula is C62H41NS. The Morgan fingerprint density at radius 3 is 1.20 bits per heavy atom. The van der Waals surface area contributed by atoms with Crippen LogP contribution < -0.4 is 4.90 Å². The van der Waals surface area contributed by atoms with Gasteiger partial charge in [0.05, 0.1) is 0 Å². The molecule has 0 aliphatic rings. The molecule has 1 nitrogen and oxygen atoms in total. The third-order valence-electron chi connectivity index (χ3n) is 12.7. The summed E-state index contributed by atoms with van der Waals surface area (Å²) in [6.07, 6.45) is 0. The smallest absolute Gasteiger partial charge is 0.0468 e. The summed E-state index contributed by atoms with van der Waals surface area (Å²) in [7, 11) is 0. The first-order chi connectivity index (χ1) is 31.7. The Kier molecular flexibility index (Phi) is 9.43. The van der Waals surface area contributed by atoms with Crippen molar-refractivity contribution in [3.05, 3.63) is 249 Å². The van der Waals surface area contributed by atoms with Gasteiger partial charge in [-0.1, -0.05) is 194 Å². The van der Waals surface area contributed by atoms with Crippen LogP contribution in [0, 0.1) is 0 Å². The fourth-order valence-corrected chi connectivity index (χ4v) is 10.7. The van der Waals surface area contributed by atoms with Gasteiger partial charge in [-0.25, -0.2) is 0 Å². The van der Waals surface area contributed by atoms with E-state index < -0.39 is 0 Å². The van der Waals surface area contributed by atoms with Crippen LogP contribution in [0.4, 0.5) is 17.1 Å². The van der Waals surface area contributed by atoms with Crippen molar-refractivity contribution in [3.63, 3.8) is 0 Å². The number of anilines is 3. The van der Waals surface area contributed by atoms with E-state index in [-0.39, 0.29) is 0 Å². The summed E-state index contributed by atoms with van der Waals surface area (Å²) in [6, 6.07) is 90.9. The molecule has 0 bridgehead atoms. The summed E-state index contributed by atoms with van der Waals surface area (Å²) >= 11 is 1.85. The van der Waals surface area contributed by atoms with Crippen molar-refractivity contribution in [2.75, 3.05) is 4.90 Å². The first-order valence-corrected chi connectivity index (χ1v) is 22.7. The summed E-state index contributed by atoms with van der Waals surface area (Å²) in [6.45, 7) is 0. The number of hydrogen-bond acceptors (Lipinski definition) is 2. The summed E-state index contributed by atoms with van der Waals surface area (Å²) in [5.41, 5.74) is 15.5. The third-order valence-corrected chi connectivity index (χ3v) is 13.8. The Labute approximate surface area is 377 Å². The highest BCUT2D eigenvalue weighted by atomic mass is 32.1. The lowest BCUT2D eigenvalue weighted by atomic mass is 9.84. The second kappa shape index (κ2) is 16.0. The topological polar surface area (TPSA) is 3.24 Å². The van der Waals surface area contributed by atoms with Crippen LogP contribution in [0.25, 0.3) is 97.4 Å². The second-order valence-corrected chi connectivity index (χ2v) is 17.5. The molecular weight excluding hydrogens is 791 g/mol. The van der Waals surface area contributed by atoms with Gasteiger partial charge in [-0.3, -0.25) is 0 Å². The van der Waals surface area contributed by atoms with Crippen molar-refractivity contribution >= 4 is 70.1 Å². The third kappa shape index (κ3) is 6.73. The van der Waals surface area contributed by atoms with E-state index in [2.05, 4.69) is 254 Å². The summed E-state index contributed by atoms with van der Waals surface area (Å²) < 4.78 is 2.60. The van der Waals surface area contributed by atoms with Crippen LogP contribution >= 0.6 is 11.3 Å². The van der Waals surface area contributed by atoms with E-state index in [0.717, 1.165) is 17.1 Å². The molecule has 0 atom stereocenters. The van der Waals surface area contributed by atoms with Gasteiger partial charge in [0.25, 0.3) is 0 Å². The van der Waals surface area contributed by atoms with E-state index in [1.165, 1.54) is 97.4 Å². The Balaban J connectivity index is 0.967. The second-order valence-electron chi connectivity index (χ2n) is 16.4. The molecule has 12 rings (SSSR count). The first-order valence-electron chi connectivity index (χ1n) is 21.9. The Morgan fingerprint density at radius 2 is 0.609 bits per heavy atom. The summed E-state index contributed by atoms with van der Waals surface area (Å²) in [4.78, 5) is 2.39. The average Bonchev–Trinajstić information content (AvgIpc) is 3.75. The molecule has 0 aliphatic carbocycles. The lowest BCUT2D eigenvalue weighted by molar-refractivity contribution is 1.29. The maximum absolute atomic E-state index is 2.41. The number of fused-ring (bicyclic) bond motifs is 6. The minimum Gasteiger partial charge on any atom is -0.310 e. The van der Waals surface area contributed by atoms with E-state index >= 15 is 0 Å². The quantitative estimate of drug-likeness (QED) is 0.138. The zero-order valence-corrected chi connectivity index (χ0v) is 35.8. The molecule has 1 aromatic heterocycles. The molecule has 0 amide bonds. The van der Waals surface area contributed by atoms with E-state index in [1.54, 1.807) is 0 Å². The molecule has 11 aromatic carbocycles. The number of rotatable bonds is 8. The fraction of sp³-hybridized carbons (Fsp3) is 0. The van der Waals surface area contributed by atoms with Gasteiger partial charge in [0.1, 0.15) is 0 Å². The minimum absolute atomic E-state index is 1.10. The molecule has 1 heterocycles. The van der Waals surface area contributed by atoms with Gasteiger partial charge < -0.3 is 4.90 Å². The van der Waals surface area contributed by atoms with Crippen molar-refractivity contribution in [1.29, 1.82) is 0 Å². The van der Waals surface area contributed by atoms with Crippen LogP contribution in [0.1, 0.15) is 0 Å². The molecule has 0 aliphatic heterocycles. The van der Waals surface area contributed by atoms with Crippen LogP contribution in [0.2, 0.25) is 0 Å². The maximum atomic E-state index is 2.41. The van der Waals surface area contributed by atoms with Crippen molar-refractivity contribution in [2.24, 2.45) is 0 Å². The monoisotopic (exact) mass is 831 g/mol. The van der Waals surface area contributed by atoms with Gasteiger partial charge in [0.2, 0.25) is 0 Å². The molecule has 0 spiro atoms. The van der Waals surface area contributed by atoms with E-state index in [1.807, 2.05) is 11.3 Å². The molecule has 0 N–H and O–H groups in total. The lowest BCUT2D eigenvalue weighted by Gasteiger charge is -2.26. The Bertz CT molecular complexity index is 3610. The minimum atomic E-state index is 1.10. The number of benzene rings is 11. The van der Waals surface area contributed by atoms with Crippen molar-refractivity contribution in [3.8, 4) is 55.6 Å². The number of nitrogens with zero attached hydrogens (tertiary/aromatic N) is 1. The molecule has 0 saturated heterocycles. The highest BCUT2D eigenvalue weighted by Gasteiger charge is 2.19. The fourth-order valence-electron chi connectivity index (χ4n) is 9.57. The first kappa shape index (κ1) is 37.7. The summed E-state index contributed by atoms with van der Waals surface area (Å²) in [5, 5.41) is 7.61. The molecule has 0 unspecified atom stereocenters. The highest BCUT2D eigenvalue weighted by molar-refractivity contribution is 7.25. The predicted molar refractivity (Wildman–Crippen MR) is 276 cm³/mol. The largest absolute Gasteiger partial charge is 0.310 e. The van der Waals surface area contributed by atoms with E-state index in [9.17, 15) is 0 Å². The highest BCUT2D eigenvalue weighted by Crippen LogP contribution is 2.46. The van der Waals surface area contributed by atoms with Crippen LogP contribution in [-0.2, 0) is 0 Å². The van der Waals surface area contributed by atoms with Crippen LogP contribution in [0.3, 0.4) is 0 Å². The van der Waals surface area contributed by atoms with Crippen molar-refractivity contribution < 1.29 is 0 Å². The molecule has 64 heavy (non-hydrogen) atoms. The average molecular weight is 832 g/mol. The molecule has 300 valence electrons. The van der Waals surface area contributed by atoms with Gasteiger partial charge >= 0.3 is 0 Å². The summed E-state index contributed by atoms with van der Waals surface area (Å²) in [5.74, 6) is 0. The standard InChI is InChI=1S/C62H41NS/c1-4-14-42(15-5-1)43-24-26-44(27-25-43)45-28-33-50(34-29-45)63(52-37-39-60-57(41-52)55-21-12-13-23-59(55)64-60)51-35-30-46(31-36-51)49-32-38-54-53-20-10-11-22-56(53)61(47-16-6-2-7-17-47)62(58(54)40-49)48-18-8-3-9-19-48/h1-41H. The zero-order valence-electron chi connectivity index (χ0n) is 35.0. The van der Waals surface area contributed by atoms with Gasteiger partial charge in [-0.05, 0) is 132 Å². The van der Waals surface area contributed by atoms with Gasteiger partial charge in [-0.15, -0.1) is 11.3 Å². The van der Waals surface area contributed by atoms with Crippen molar-refractivity contribution in [2.45, 2.75) is 0 Å². The van der Waals surface area contributed by atoms with Gasteiger partial charge in [0.15, 0.2) is 0 Å². The SMILES string of the molecule is c1ccc(-c2ccc(-c3ccc(N(c4ccc(-c5ccc6c(c5)c(-c5ccccc5)c(-c5ccccc5)c5ccccc56)cc4)c4ccc5sc6ccccc6c5c4)cc3)cc2)cc1. The van der Waals surface area contributed by atoms with Gasteiger partial charge in [0, 0.05) is 37.2 Å². The van der Waals surface area contributed by atoms with Crippen molar-refractivity contribution in [1.82, 2.24) is 0 Å². The Morgan fingerprint density at radius 1 is 0.219 bits per heavy atom. The molecule has 2 heteroatoms. The lowest BCUT2D eigenvalue weighted by Crippen LogP contribution is -2.09. The van der Waals surface area contributed by atoms with Crippen LogP contribution in [-0.4, -0.2) is 0 Å². The number of thiophene rings is 1. The zero-order chi connectivity index (χ0) is 42.4. The van der Waals surface area contributed by atoms with Crippen LogP contribution in [0.15, 0.2) is 249 Å². The van der Waals surface area contributed by atoms with Crippen LogP contribution in [0.5, 0.6) is 0 Å². The molecule has 0 radical (unpaired) electrons. The Hall–Kier alpha value is -8.04. The predicted octanol–water partition coefficient (Wildman–Crippen LogP) is 18.2. The van der Waals surface area contributed by atoms with E-state index in [0.29, 0.717) is 0 Å². The maximum Gasteiger partial charge on any atom is 0.0468 e. The van der Waals surface area contributed by atoms with E-state index in [4.69, 9.17) is 0 Å². The molecule has 0 saturated carbocycles. The van der Waals surface area contributed by atoms with Gasteiger partial charge in [-0.2, -0.15) is 0 Å². The normalized spacial score (nSPS) is 11.4. The molecule has 0 fully saturated rings. The molecule has 12 aromatic rings. The number of hydrogen-bond donors (Lipinski definition) is 0.